The van der Waals surface area contributed by atoms with E-state index in [9.17, 15) is 9.59 Å². The van der Waals surface area contributed by atoms with Gasteiger partial charge in [0.25, 0.3) is 11.8 Å². The van der Waals surface area contributed by atoms with Crippen LogP contribution in [-0.2, 0) is 0 Å². The fourth-order valence-corrected chi connectivity index (χ4v) is 3.15. The first-order valence-electron chi connectivity index (χ1n) is 8.01. The molecule has 1 heterocycles. The maximum Gasteiger partial charge on any atom is 0.255 e. The Balaban J connectivity index is 1.76. The van der Waals surface area contributed by atoms with Crippen molar-refractivity contribution < 1.29 is 9.59 Å². The number of rotatable bonds is 3. The molecule has 1 aliphatic heterocycles. The van der Waals surface area contributed by atoms with E-state index in [0.29, 0.717) is 16.8 Å². The Bertz CT molecular complexity index is 783. The lowest BCUT2D eigenvalue weighted by molar-refractivity contribution is 0.0793. The van der Waals surface area contributed by atoms with Gasteiger partial charge in [-0.1, -0.05) is 28.1 Å². The van der Waals surface area contributed by atoms with Crippen LogP contribution in [0.4, 0.5) is 5.69 Å². The van der Waals surface area contributed by atoms with E-state index in [-0.39, 0.29) is 11.8 Å². The highest BCUT2D eigenvalue weighted by Crippen LogP contribution is 2.21. The maximum atomic E-state index is 12.5. The van der Waals surface area contributed by atoms with Crippen molar-refractivity contribution in [1.82, 2.24) is 4.90 Å². The van der Waals surface area contributed by atoms with E-state index in [4.69, 9.17) is 0 Å². The summed E-state index contributed by atoms with van der Waals surface area (Å²) in [5.41, 5.74) is 2.87. The topological polar surface area (TPSA) is 49.4 Å². The van der Waals surface area contributed by atoms with Crippen LogP contribution in [0.1, 0.15) is 39.1 Å². The summed E-state index contributed by atoms with van der Waals surface area (Å²) in [6.07, 6.45) is 2.10. The van der Waals surface area contributed by atoms with Gasteiger partial charge in [0.2, 0.25) is 0 Å². The molecule has 1 saturated heterocycles. The Hall–Kier alpha value is -2.14. The van der Waals surface area contributed by atoms with Gasteiger partial charge in [0.05, 0.1) is 0 Å². The molecule has 2 aromatic carbocycles. The van der Waals surface area contributed by atoms with E-state index < -0.39 is 0 Å². The molecule has 0 saturated carbocycles. The Kier molecular flexibility index (Phi) is 5.00. The standard InChI is InChI=1S/C19H19BrN2O2/c1-13-7-8-16(12-17(13)20)21-18(23)14-5-4-6-15(11-14)19(24)22-9-2-3-10-22/h4-8,11-12H,2-3,9-10H2,1H3,(H,21,23). The van der Waals surface area contributed by atoms with Crippen LogP contribution in [0.3, 0.4) is 0 Å². The van der Waals surface area contributed by atoms with Crippen LogP contribution >= 0.6 is 15.9 Å². The molecule has 2 amide bonds. The summed E-state index contributed by atoms with van der Waals surface area (Å²) >= 11 is 3.46. The van der Waals surface area contributed by atoms with Crippen molar-refractivity contribution in [3.63, 3.8) is 0 Å². The van der Waals surface area contributed by atoms with Gasteiger partial charge < -0.3 is 10.2 Å². The van der Waals surface area contributed by atoms with Crippen molar-refractivity contribution in [2.75, 3.05) is 18.4 Å². The SMILES string of the molecule is Cc1ccc(NC(=O)c2cccc(C(=O)N3CCCC3)c2)cc1Br. The molecule has 1 N–H and O–H groups in total. The van der Waals surface area contributed by atoms with Gasteiger partial charge in [0.1, 0.15) is 0 Å². The first kappa shape index (κ1) is 16.7. The second-order valence-corrected chi connectivity index (χ2v) is 6.85. The zero-order valence-corrected chi connectivity index (χ0v) is 15.1. The molecule has 0 radical (unpaired) electrons. The van der Waals surface area contributed by atoms with E-state index in [2.05, 4.69) is 21.2 Å². The Morgan fingerprint density at radius 3 is 2.46 bits per heavy atom. The molecule has 24 heavy (non-hydrogen) atoms. The number of carbonyl (C=O) groups is 2. The van der Waals surface area contributed by atoms with Gasteiger partial charge in [-0.15, -0.1) is 0 Å². The van der Waals surface area contributed by atoms with Crippen molar-refractivity contribution in [3.05, 3.63) is 63.6 Å². The highest BCUT2D eigenvalue weighted by atomic mass is 79.9. The first-order chi connectivity index (χ1) is 11.5. The lowest BCUT2D eigenvalue weighted by Crippen LogP contribution is -2.27. The van der Waals surface area contributed by atoms with Gasteiger partial charge >= 0.3 is 0 Å². The summed E-state index contributed by atoms with van der Waals surface area (Å²) in [6, 6.07) is 12.6. The molecule has 0 spiro atoms. The molecule has 0 bridgehead atoms. The molecule has 4 nitrogen and oxygen atoms in total. The number of nitrogens with zero attached hydrogens (tertiary/aromatic N) is 1. The fourth-order valence-electron chi connectivity index (χ4n) is 2.77. The summed E-state index contributed by atoms with van der Waals surface area (Å²) in [6.45, 7) is 3.59. The highest BCUT2D eigenvalue weighted by molar-refractivity contribution is 9.10. The van der Waals surface area contributed by atoms with Gasteiger partial charge in [-0.25, -0.2) is 0 Å². The number of halogens is 1. The van der Waals surface area contributed by atoms with Gasteiger partial charge in [0.15, 0.2) is 0 Å². The molecule has 5 heteroatoms. The normalized spacial score (nSPS) is 13.8. The third-order valence-electron chi connectivity index (χ3n) is 4.19. The molecule has 1 aliphatic rings. The summed E-state index contributed by atoms with van der Waals surface area (Å²) < 4.78 is 0.943. The second kappa shape index (κ2) is 7.18. The molecule has 0 aromatic heterocycles. The number of hydrogen-bond acceptors (Lipinski definition) is 2. The zero-order chi connectivity index (χ0) is 17.1. The van der Waals surface area contributed by atoms with Crippen LogP contribution in [0.15, 0.2) is 46.9 Å². The van der Waals surface area contributed by atoms with Gasteiger partial charge in [-0.3, -0.25) is 9.59 Å². The zero-order valence-electron chi connectivity index (χ0n) is 13.5. The van der Waals surface area contributed by atoms with Crippen LogP contribution in [0.25, 0.3) is 0 Å². The monoisotopic (exact) mass is 386 g/mol. The van der Waals surface area contributed by atoms with Crippen molar-refractivity contribution in [2.45, 2.75) is 19.8 Å². The average molecular weight is 387 g/mol. The van der Waals surface area contributed by atoms with Crippen LogP contribution < -0.4 is 5.32 Å². The predicted molar refractivity (Wildman–Crippen MR) is 98.4 cm³/mol. The lowest BCUT2D eigenvalue weighted by Gasteiger charge is -2.15. The molecular weight excluding hydrogens is 368 g/mol. The highest BCUT2D eigenvalue weighted by Gasteiger charge is 2.20. The summed E-state index contributed by atoms with van der Waals surface area (Å²) in [5, 5.41) is 2.87. The smallest absolute Gasteiger partial charge is 0.255 e. The third-order valence-corrected chi connectivity index (χ3v) is 5.05. The van der Waals surface area contributed by atoms with Crippen molar-refractivity contribution >= 4 is 33.4 Å². The van der Waals surface area contributed by atoms with E-state index in [1.54, 1.807) is 24.3 Å². The van der Waals surface area contributed by atoms with Crippen molar-refractivity contribution in [3.8, 4) is 0 Å². The number of carbonyl (C=O) groups excluding carboxylic acids is 2. The fraction of sp³-hybridized carbons (Fsp3) is 0.263. The van der Waals surface area contributed by atoms with Gasteiger partial charge in [-0.05, 0) is 55.7 Å². The van der Waals surface area contributed by atoms with E-state index in [1.807, 2.05) is 30.0 Å². The summed E-state index contributed by atoms with van der Waals surface area (Å²) in [5.74, 6) is -0.220. The molecule has 3 rings (SSSR count). The number of hydrogen-bond donors (Lipinski definition) is 1. The molecule has 124 valence electrons. The third kappa shape index (κ3) is 3.67. The van der Waals surface area contributed by atoms with Gasteiger partial charge in [-0.2, -0.15) is 0 Å². The predicted octanol–water partition coefficient (Wildman–Crippen LogP) is 4.25. The van der Waals surface area contributed by atoms with Crippen LogP contribution in [-0.4, -0.2) is 29.8 Å². The first-order valence-corrected chi connectivity index (χ1v) is 8.81. The minimum atomic E-state index is -0.221. The van der Waals surface area contributed by atoms with E-state index in [0.717, 1.165) is 36.0 Å². The molecule has 0 aliphatic carbocycles. The second-order valence-electron chi connectivity index (χ2n) is 6.00. The number of likely N-dealkylation sites (tertiary alicyclic amines) is 1. The Labute approximate surface area is 150 Å². The number of benzene rings is 2. The molecule has 2 aromatic rings. The number of amides is 2. The summed E-state index contributed by atoms with van der Waals surface area (Å²) in [7, 11) is 0. The number of nitrogens with one attached hydrogen (secondary N) is 1. The minimum Gasteiger partial charge on any atom is -0.339 e. The number of aryl methyl sites for hydroxylation is 1. The van der Waals surface area contributed by atoms with Crippen LogP contribution in [0.5, 0.6) is 0 Å². The molecular formula is C19H19BrN2O2. The minimum absolute atomic E-state index is 0.000213. The number of anilines is 1. The lowest BCUT2D eigenvalue weighted by atomic mass is 10.1. The molecule has 1 fully saturated rings. The summed E-state index contributed by atoms with van der Waals surface area (Å²) in [4.78, 5) is 26.7. The molecule has 0 unspecified atom stereocenters. The van der Waals surface area contributed by atoms with E-state index in [1.165, 1.54) is 0 Å². The van der Waals surface area contributed by atoms with Crippen molar-refractivity contribution in [2.24, 2.45) is 0 Å². The van der Waals surface area contributed by atoms with Crippen LogP contribution in [0, 0.1) is 6.92 Å². The molecule has 0 atom stereocenters. The van der Waals surface area contributed by atoms with Crippen molar-refractivity contribution in [1.29, 1.82) is 0 Å². The van der Waals surface area contributed by atoms with E-state index >= 15 is 0 Å². The largest absolute Gasteiger partial charge is 0.339 e. The Morgan fingerprint density at radius 1 is 1.04 bits per heavy atom. The van der Waals surface area contributed by atoms with Crippen LogP contribution in [0.2, 0.25) is 0 Å². The maximum absolute atomic E-state index is 12.5. The Morgan fingerprint density at radius 2 is 1.75 bits per heavy atom. The van der Waals surface area contributed by atoms with Gasteiger partial charge in [0, 0.05) is 34.4 Å². The quantitative estimate of drug-likeness (QED) is 0.856. The average Bonchev–Trinajstić information content (AvgIpc) is 3.12.